The smallest absolute Gasteiger partial charge is 0.270 e. The van der Waals surface area contributed by atoms with Crippen molar-refractivity contribution in [2.45, 2.75) is 26.8 Å². The second kappa shape index (κ2) is 8.53. The van der Waals surface area contributed by atoms with Crippen LogP contribution in [0.15, 0.2) is 36.4 Å². The number of rotatable bonds is 7. The van der Waals surface area contributed by atoms with Gasteiger partial charge in [-0.2, -0.15) is 0 Å². The van der Waals surface area contributed by atoms with Gasteiger partial charge in [-0.05, 0) is 42.2 Å². The summed E-state index contributed by atoms with van der Waals surface area (Å²) in [5.41, 5.74) is 1.32. The van der Waals surface area contributed by atoms with E-state index < -0.39 is 0 Å². The van der Waals surface area contributed by atoms with Crippen LogP contribution in [0.5, 0.6) is 11.5 Å². The maximum Gasteiger partial charge on any atom is 0.270 e. The highest BCUT2D eigenvalue weighted by Crippen LogP contribution is 2.32. The maximum absolute atomic E-state index is 12.4. The average Bonchev–Trinajstić information content (AvgIpc) is 3.13. The van der Waals surface area contributed by atoms with Crippen LogP contribution in [0.3, 0.4) is 0 Å². The van der Waals surface area contributed by atoms with Crippen molar-refractivity contribution in [3.05, 3.63) is 53.3 Å². The molecular weight excluding hydrogens is 346 g/mol. The molecule has 0 spiro atoms. The van der Waals surface area contributed by atoms with Crippen molar-refractivity contribution in [3.63, 3.8) is 0 Å². The molecule has 2 heterocycles. The molecule has 0 saturated carbocycles. The molecule has 0 saturated heterocycles. The first-order valence-electron chi connectivity index (χ1n) is 8.95. The molecule has 7 heteroatoms. The summed E-state index contributed by atoms with van der Waals surface area (Å²) in [6, 6.07) is 10.3. The Hall–Kier alpha value is -3.09. The van der Waals surface area contributed by atoms with E-state index in [2.05, 4.69) is 29.5 Å². The molecule has 1 aliphatic heterocycles. The molecule has 1 aromatic heterocycles. The summed E-state index contributed by atoms with van der Waals surface area (Å²) in [4.78, 5) is 28.7. The van der Waals surface area contributed by atoms with Gasteiger partial charge >= 0.3 is 0 Å². The molecule has 0 radical (unpaired) electrons. The summed E-state index contributed by atoms with van der Waals surface area (Å²) in [6.07, 6.45) is 0.890. The molecule has 0 unspecified atom stereocenters. The lowest BCUT2D eigenvalue weighted by Gasteiger charge is -2.09. The fourth-order valence-corrected chi connectivity index (χ4v) is 2.58. The van der Waals surface area contributed by atoms with E-state index in [0.717, 1.165) is 12.0 Å². The summed E-state index contributed by atoms with van der Waals surface area (Å²) in [6.45, 7) is 5.30. The van der Waals surface area contributed by atoms with Crippen molar-refractivity contribution in [2.24, 2.45) is 5.92 Å². The van der Waals surface area contributed by atoms with Crippen LogP contribution < -0.4 is 20.1 Å². The van der Waals surface area contributed by atoms with Crippen molar-refractivity contribution >= 4 is 11.8 Å². The Balaban J connectivity index is 1.57. The Kier molecular flexibility index (Phi) is 5.90. The Labute approximate surface area is 158 Å². The first-order chi connectivity index (χ1) is 13.0. The summed E-state index contributed by atoms with van der Waals surface area (Å²) < 4.78 is 10.6. The van der Waals surface area contributed by atoms with Gasteiger partial charge in [0, 0.05) is 13.1 Å². The second-order valence-corrected chi connectivity index (χ2v) is 6.72. The standard InChI is InChI=1S/C20H23N3O4/c1-13(2)8-9-21-19(24)15-4-3-5-16(23-15)20(25)22-11-14-6-7-17-18(10-14)27-12-26-17/h3-7,10,13H,8-9,11-12H2,1-2H3,(H,21,24)(H,22,25). The van der Waals surface area contributed by atoms with Crippen LogP contribution in [-0.4, -0.2) is 30.1 Å². The van der Waals surface area contributed by atoms with Crippen LogP contribution in [0.2, 0.25) is 0 Å². The van der Waals surface area contributed by atoms with Crippen LogP contribution in [0.4, 0.5) is 0 Å². The van der Waals surface area contributed by atoms with E-state index in [9.17, 15) is 9.59 Å². The van der Waals surface area contributed by atoms with Crippen LogP contribution >= 0.6 is 0 Å². The summed E-state index contributed by atoms with van der Waals surface area (Å²) in [7, 11) is 0. The monoisotopic (exact) mass is 369 g/mol. The van der Waals surface area contributed by atoms with Crippen molar-refractivity contribution in [3.8, 4) is 11.5 Å². The van der Waals surface area contributed by atoms with Crippen LogP contribution in [0.25, 0.3) is 0 Å². The number of carbonyl (C=O) groups is 2. The van der Waals surface area contributed by atoms with E-state index in [0.29, 0.717) is 30.5 Å². The lowest BCUT2D eigenvalue weighted by molar-refractivity contribution is 0.0942. The van der Waals surface area contributed by atoms with E-state index in [1.54, 1.807) is 18.2 Å². The first-order valence-corrected chi connectivity index (χ1v) is 8.95. The lowest BCUT2D eigenvalue weighted by atomic mass is 10.1. The van der Waals surface area contributed by atoms with Gasteiger partial charge in [-0.1, -0.05) is 26.0 Å². The molecule has 0 fully saturated rings. The number of ether oxygens (including phenoxy) is 2. The van der Waals surface area contributed by atoms with Crippen LogP contribution in [0, 0.1) is 5.92 Å². The third-order valence-corrected chi connectivity index (χ3v) is 4.11. The zero-order chi connectivity index (χ0) is 19.2. The lowest BCUT2D eigenvalue weighted by Crippen LogP contribution is -2.28. The van der Waals surface area contributed by atoms with Crippen molar-refractivity contribution in [2.75, 3.05) is 13.3 Å². The molecule has 0 bridgehead atoms. The highest BCUT2D eigenvalue weighted by molar-refractivity contribution is 5.96. The molecule has 27 heavy (non-hydrogen) atoms. The van der Waals surface area contributed by atoms with Crippen molar-refractivity contribution in [1.29, 1.82) is 0 Å². The first kappa shape index (κ1) is 18.7. The third kappa shape index (κ3) is 4.97. The van der Waals surface area contributed by atoms with Crippen molar-refractivity contribution < 1.29 is 19.1 Å². The third-order valence-electron chi connectivity index (χ3n) is 4.11. The number of nitrogens with one attached hydrogen (secondary N) is 2. The minimum absolute atomic E-state index is 0.201. The fourth-order valence-electron chi connectivity index (χ4n) is 2.58. The Bertz CT molecular complexity index is 836. The van der Waals surface area contributed by atoms with Crippen LogP contribution in [-0.2, 0) is 6.54 Å². The highest BCUT2D eigenvalue weighted by Gasteiger charge is 2.15. The Morgan fingerprint density at radius 1 is 1.04 bits per heavy atom. The van der Waals surface area contributed by atoms with Gasteiger partial charge in [-0.25, -0.2) is 4.98 Å². The quantitative estimate of drug-likeness (QED) is 0.783. The molecular formula is C20H23N3O4. The topological polar surface area (TPSA) is 89.6 Å². The molecule has 7 nitrogen and oxygen atoms in total. The summed E-state index contributed by atoms with van der Waals surface area (Å²) in [5, 5.41) is 5.62. The summed E-state index contributed by atoms with van der Waals surface area (Å²) in [5.74, 6) is 1.25. The predicted molar refractivity (Wildman–Crippen MR) is 99.8 cm³/mol. The van der Waals surface area contributed by atoms with Gasteiger partial charge in [-0.15, -0.1) is 0 Å². The van der Waals surface area contributed by atoms with Gasteiger partial charge in [0.1, 0.15) is 11.4 Å². The van der Waals surface area contributed by atoms with Crippen molar-refractivity contribution in [1.82, 2.24) is 15.6 Å². The zero-order valence-electron chi connectivity index (χ0n) is 15.5. The second-order valence-electron chi connectivity index (χ2n) is 6.72. The number of amides is 2. The van der Waals surface area contributed by atoms with Gasteiger partial charge in [0.25, 0.3) is 11.8 Å². The minimum atomic E-state index is -0.343. The number of nitrogens with zero attached hydrogens (tertiary/aromatic N) is 1. The summed E-state index contributed by atoms with van der Waals surface area (Å²) >= 11 is 0. The van der Waals surface area contributed by atoms with E-state index in [4.69, 9.17) is 9.47 Å². The van der Waals surface area contributed by atoms with Gasteiger partial charge < -0.3 is 20.1 Å². The number of aromatic nitrogens is 1. The van der Waals surface area contributed by atoms with Gasteiger partial charge in [-0.3, -0.25) is 9.59 Å². The molecule has 0 atom stereocenters. The van der Waals surface area contributed by atoms with E-state index in [-0.39, 0.29) is 30.0 Å². The number of hydrogen-bond donors (Lipinski definition) is 2. The van der Waals surface area contributed by atoms with Gasteiger partial charge in [0.05, 0.1) is 0 Å². The van der Waals surface area contributed by atoms with Gasteiger partial charge in [0.15, 0.2) is 11.5 Å². The Morgan fingerprint density at radius 3 is 2.48 bits per heavy atom. The Morgan fingerprint density at radius 2 is 1.74 bits per heavy atom. The largest absolute Gasteiger partial charge is 0.454 e. The van der Waals surface area contributed by atoms with Crippen LogP contribution in [0.1, 0.15) is 46.8 Å². The number of benzene rings is 1. The molecule has 1 aromatic carbocycles. The number of fused-ring (bicyclic) bond motifs is 1. The minimum Gasteiger partial charge on any atom is -0.454 e. The van der Waals surface area contributed by atoms with E-state index in [1.807, 2.05) is 18.2 Å². The number of hydrogen-bond acceptors (Lipinski definition) is 5. The molecule has 1 aliphatic rings. The SMILES string of the molecule is CC(C)CCNC(=O)c1cccc(C(=O)NCc2ccc3c(c2)OCO3)n1. The zero-order valence-corrected chi connectivity index (χ0v) is 15.5. The molecule has 2 aromatic rings. The highest BCUT2D eigenvalue weighted by atomic mass is 16.7. The number of pyridine rings is 1. The predicted octanol–water partition coefficient (Wildman–Crippen LogP) is 2.52. The fraction of sp³-hybridized carbons (Fsp3) is 0.350. The van der Waals surface area contributed by atoms with Gasteiger partial charge in [0.2, 0.25) is 6.79 Å². The molecule has 0 aliphatic carbocycles. The molecule has 3 rings (SSSR count). The van der Waals surface area contributed by atoms with E-state index >= 15 is 0 Å². The molecule has 2 N–H and O–H groups in total. The maximum atomic E-state index is 12.4. The average molecular weight is 369 g/mol. The number of carbonyl (C=O) groups excluding carboxylic acids is 2. The molecule has 2 amide bonds. The van der Waals surface area contributed by atoms with E-state index in [1.165, 1.54) is 0 Å². The normalized spacial score (nSPS) is 12.1. The molecule has 142 valence electrons.